The summed E-state index contributed by atoms with van der Waals surface area (Å²) in [6, 6.07) is -5.30. The summed E-state index contributed by atoms with van der Waals surface area (Å²) in [7, 11) is -9.84. The van der Waals surface area contributed by atoms with Crippen LogP contribution in [0.5, 0.6) is 0 Å². The number of piperidine rings is 3. The second kappa shape index (κ2) is 33.2. The van der Waals surface area contributed by atoms with Crippen LogP contribution in [-0.2, 0) is 38.8 Å². The number of amides is 8. The van der Waals surface area contributed by atoms with Gasteiger partial charge in [0.05, 0.1) is 50.3 Å². The summed E-state index contributed by atoms with van der Waals surface area (Å²) in [6.45, 7) is 32.5. The van der Waals surface area contributed by atoms with Gasteiger partial charge in [-0.2, -0.15) is 22.8 Å². The zero-order valence-electron chi connectivity index (χ0n) is 61.0. The number of hydroxylamine groups is 6. The maximum atomic E-state index is 12.7. The second-order valence-electron chi connectivity index (χ2n) is 30.5. The van der Waals surface area contributed by atoms with Crippen LogP contribution in [0, 0.1) is 11.8 Å². The quantitative estimate of drug-likeness (QED) is 0.0316. The summed E-state index contributed by atoms with van der Waals surface area (Å²) < 4.78 is 102. The largest absolute Gasteiger partial charge is 0.724 e. The number of hydrogen-bond acceptors (Lipinski definition) is 26. The Morgan fingerprint density at radius 3 is 1.26 bits per heavy atom. The Balaban J connectivity index is 0.000000162. The fourth-order valence-electron chi connectivity index (χ4n) is 14.8. The predicted octanol–water partition coefficient (Wildman–Crippen LogP) is 8.55. The summed E-state index contributed by atoms with van der Waals surface area (Å²) in [6.07, 6.45) is 15.4. The number of nitrogens with zero attached hydrogens (tertiary/aromatic N) is 15. The maximum absolute atomic E-state index is 12.7. The lowest BCUT2D eigenvalue weighted by Gasteiger charge is -2.39. The summed E-state index contributed by atoms with van der Waals surface area (Å²) >= 11 is 0. The number of fused-ring (bicyclic) bond motifs is 6. The normalized spacial score (nSPS) is 27.3. The number of hydrogen-bond donors (Lipinski definition) is 4. The molecular weight excluding hydrogens is 1370 g/mol. The smallest absolute Gasteiger partial charge is 0.418 e. The summed E-state index contributed by atoms with van der Waals surface area (Å²) in [5, 5.41) is 39.8. The maximum Gasteiger partial charge on any atom is 0.418 e. The van der Waals surface area contributed by atoms with Crippen LogP contribution in [0.15, 0.2) is 13.3 Å². The Labute approximate surface area is 597 Å². The Morgan fingerprint density at radius 1 is 0.549 bits per heavy atom. The molecule has 12 heterocycles. The molecule has 8 amide bonds. The van der Waals surface area contributed by atoms with E-state index in [1.54, 1.807) is 35.5 Å². The van der Waals surface area contributed by atoms with Crippen LogP contribution in [0.4, 0.5) is 24.0 Å². The molecule has 9 aliphatic heterocycles. The van der Waals surface area contributed by atoms with Gasteiger partial charge in [0.15, 0.2) is 0 Å². The van der Waals surface area contributed by atoms with Crippen molar-refractivity contribution in [3.05, 3.63) is 35.3 Å². The molecule has 3 aromatic rings. The number of ether oxygens (including phenoxy) is 2. The van der Waals surface area contributed by atoms with Gasteiger partial charge in [0.25, 0.3) is 0 Å². The fraction of sp³-hybridized carbons (Fsp3) is 0.828. The number of nitrogens with one attached hydrogen (secondary N) is 1. The van der Waals surface area contributed by atoms with Gasteiger partial charge >= 0.3 is 40.7 Å². The molecule has 9 fully saturated rings. The molecule has 12 rings (SSSR count). The molecule has 9 aliphatic rings. The monoisotopic (exact) mass is 1480 g/mol. The lowest BCUT2D eigenvalue weighted by atomic mass is 10.0. The second-order valence-corrected chi connectivity index (χ2v) is 32.5. The molecule has 0 radical (unpaired) electrons. The van der Waals surface area contributed by atoms with E-state index in [1.165, 1.54) is 91.8 Å². The number of rotatable bonds is 22. The van der Waals surface area contributed by atoms with E-state index >= 15 is 0 Å². The van der Waals surface area contributed by atoms with E-state index in [0.29, 0.717) is 112 Å². The third-order valence-corrected chi connectivity index (χ3v) is 20.5. The molecule has 0 aliphatic carbocycles. The van der Waals surface area contributed by atoms with Gasteiger partial charge in [-0.3, -0.25) is 19.6 Å². The van der Waals surface area contributed by atoms with Gasteiger partial charge in [-0.1, -0.05) is 67.2 Å². The van der Waals surface area contributed by atoms with Gasteiger partial charge in [-0.05, 0) is 137 Å². The number of urea groups is 3. The Morgan fingerprint density at radius 2 is 0.902 bits per heavy atom. The van der Waals surface area contributed by atoms with Gasteiger partial charge in [0.1, 0.15) is 41.4 Å². The minimum Gasteiger partial charge on any atom is -0.724 e. The van der Waals surface area contributed by atoms with Gasteiger partial charge in [-0.25, -0.2) is 37.5 Å². The lowest BCUT2D eigenvalue weighted by Crippen LogP contribution is -2.50. The van der Waals surface area contributed by atoms with Crippen molar-refractivity contribution < 1.29 is 90.9 Å². The highest BCUT2D eigenvalue weighted by molar-refractivity contribution is 7.81. The van der Waals surface area contributed by atoms with E-state index in [4.69, 9.17) is 33.0 Å². The average molecular weight is 1480 g/mol. The van der Waals surface area contributed by atoms with E-state index < -0.39 is 92.5 Å². The number of carbonyl (C=O) groups excluding carboxylic acids is 5. The van der Waals surface area contributed by atoms with Gasteiger partial charge in [0, 0.05) is 45.3 Å². The van der Waals surface area contributed by atoms with Crippen molar-refractivity contribution in [2.45, 2.75) is 264 Å². The molecule has 102 heavy (non-hydrogen) atoms. The summed E-state index contributed by atoms with van der Waals surface area (Å²) in [5.74, 6) is 2.34. The summed E-state index contributed by atoms with van der Waals surface area (Å²) in [5.41, 5.74) is 4.62. The molecule has 5 N–H and O–H groups in total. The fourth-order valence-corrected chi connectivity index (χ4v) is 15.6. The summed E-state index contributed by atoms with van der Waals surface area (Å²) in [4.78, 5) is 70.0. The molecule has 574 valence electrons. The molecule has 0 spiro atoms. The Kier molecular flexibility index (Phi) is 25.9. The van der Waals surface area contributed by atoms with E-state index in [-0.39, 0.29) is 72.8 Å². The standard InChI is InChI=1S/C18H27N5O8S.C18H27N5O5.C16H36N.C12H18N6O6S/c1-10-7-13(22(8-10)17(25)30-18(2,3)4)15-20-19-14(29-15)12-6-5-11-9-21(12)16(24)23(11)31-32(26,27)28;1-10-7-13(22(8-10)17(25)28-18(2,3)4)15-20-19-14(27-15)12-6-5-11-9-21(12)16(24)23(11)26;1-5-9-13-17(14-10-6-2,15-11-7-3)16-12-8-4;13-6-3-8(14-4-6)10-15-16-11(23-10)9-2-1-7-5-17(9)12(19)18(7)24-25(20,21)22/h10-13H,5-9H2,1-4H3,(H,26,27,28);10-13,26H,5-9H2,1-4H3;5-16H2,1-4H3;6-9,14H,1-5,13H2,(H,20,21,22)/q;;+1;/p-1/t2*10-,11-,12+,13-;;6-,7-,8-,9+/m11.1/s1. The number of nitrogens with two attached hydrogens (primary N) is 1. The van der Waals surface area contributed by atoms with Crippen molar-refractivity contribution in [1.29, 1.82) is 0 Å². The van der Waals surface area contributed by atoms with E-state index in [9.17, 15) is 50.6 Å². The van der Waals surface area contributed by atoms with Crippen molar-refractivity contribution >= 4 is 51.1 Å². The molecular formula is C64H107N17O19S2. The van der Waals surface area contributed by atoms with Crippen LogP contribution in [0.1, 0.15) is 264 Å². The zero-order valence-corrected chi connectivity index (χ0v) is 62.6. The molecule has 12 atom stereocenters. The topological polar surface area (TPSA) is 435 Å². The first-order valence-electron chi connectivity index (χ1n) is 36.2. The highest BCUT2D eigenvalue weighted by atomic mass is 32.3. The van der Waals surface area contributed by atoms with E-state index in [0.717, 1.165) is 5.06 Å². The molecule has 6 bridgehead atoms. The van der Waals surface area contributed by atoms with Crippen LogP contribution >= 0.6 is 0 Å². The van der Waals surface area contributed by atoms with Gasteiger partial charge in [-0.15, -0.1) is 34.9 Å². The average Bonchev–Trinajstić information content (AvgIpc) is 1.62. The minimum atomic E-state index is -5.07. The highest BCUT2D eigenvalue weighted by Crippen LogP contribution is 2.44. The van der Waals surface area contributed by atoms with Crippen molar-refractivity contribution in [3.8, 4) is 0 Å². The Bertz CT molecular complexity index is 3530. The third kappa shape index (κ3) is 19.8. The molecule has 0 saturated carbocycles. The predicted molar refractivity (Wildman–Crippen MR) is 359 cm³/mol. The van der Waals surface area contributed by atoms with Crippen molar-refractivity contribution in [2.75, 3.05) is 65.4 Å². The number of quaternary nitrogens is 1. The highest BCUT2D eigenvalue weighted by Gasteiger charge is 2.52. The molecule has 38 heteroatoms. The first kappa shape index (κ1) is 79.5. The Hall–Kier alpha value is -6.65. The molecule has 36 nitrogen and oxygen atoms in total. The number of carbonyl (C=O) groups is 5. The molecule has 3 aromatic heterocycles. The first-order chi connectivity index (χ1) is 48.0. The van der Waals surface area contributed by atoms with Crippen molar-refractivity contribution in [3.63, 3.8) is 0 Å². The van der Waals surface area contributed by atoms with Crippen LogP contribution in [0.25, 0.3) is 0 Å². The van der Waals surface area contributed by atoms with Gasteiger partial charge in [0.2, 0.25) is 45.7 Å². The zero-order chi connectivity index (χ0) is 74.4. The number of aromatic nitrogens is 6. The SMILES string of the molecule is CCCC[N+](CCCC)(CCCC)CCCC.C[C@@H]1C[C@H](c2nnc([C@@H]3CC[C@@H]4CN3C(=O)N4O)o2)N(C(=O)OC(C)(C)C)C1.C[C@@H]1C[C@H](c2nnc([C@@H]3CC[C@@H]4CN3C(=O)N4OS(=O)(=O)[O-])o2)N(C(=O)OC(C)(C)C)C1.N[C@H]1CN[C@@H](c2nnc([C@@H]3CC[C@@H]4CN3C(=O)N4OS(=O)(=O)O)o2)C1. The molecule has 9 saturated heterocycles. The van der Waals surface area contributed by atoms with Crippen molar-refractivity contribution in [1.82, 2.24) is 75.6 Å². The molecule has 0 unspecified atom stereocenters. The number of unbranched alkanes of at least 4 members (excludes halogenated alkanes) is 4. The lowest BCUT2D eigenvalue weighted by molar-refractivity contribution is -0.929. The minimum absolute atomic E-state index is 0.0297. The van der Waals surface area contributed by atoms with Gasteiger partial charge < -0.3 is 57.5 Å². The van der Waals surface area contributed by atoms with E-state index in [2.05, 4.69) is 79.1 Å². The number of likely N-dealkylation sites (tertiary alicyclic amines) is 2. The molecule has 0 aromatic carbocycles. The van der Waals surface area contributed by atoms with E-state index in [1.807, 2.05) is 27.7 Å². The van der Waals surface area contributed by atoms with Crippen molar-refractivity contribution in [2.24, 2.45) is 17.6 Å². The van der Waals surface area contributed by atoms with Crippen LogP contribution in [0.3, 0.4) is 0 Å². The van der Waals surface area contributed by atoms with Crippen LogP contribution in [-0.4, -0.2) is 237 Å². The van der Waals surface area contributed by atoms with Crippen LogP contribution in [0.2, 0.25) is 0 Å². The third-order valence-electron chi connectivity index (χ3n) is 19.8. The first-order valence-corrected chi connectivity index (χ1v) is 38.9. The van der Waals surface area contributed by atoms with Crippen LogP contribution < -0.4 is 11.1 Å².